The largest absolute Gasteiger partial charge is 0.383 e. The SMILES string of the molecule is CCc1nn(C)c(Cc2cc(C)cnc2N)c1Cl. The van der Waals surface area contributed by atoms with Crippen LogP contribution in [0.2, 0.25) is 5.02 Å². The second-order valence-corrected chi connectivity index (χ2v) is 4.80. The van der Waals surface area contributed by atoms with Crippen LogP contribution in [0.5, 0.6) is 0 Å². The fourth-order valence-corrected chi connectivity index (χ4v) is 2.33. The summed E-state index contributed by atoms with van der Waals surface area (Å²) in [4.78, 5) is 4.17. The van der Waals surface area contributed by atoms with Gasteiger partial charge in [-0.15, -0.1) is 0 Å². The monoisotopic (exact) mass is 264 g/mol. The van der Waals surface area contributed by atoms with Crippen molar-refractivity contribution in [3.8, 4) is 0 Å². The van der Waals surface area contributed by atoms with Gasteiger partial charge in [0.15, 0.2) is 0 Å². The van der Waals surface area contributed by atoms with E-state index in [0.717, 1.165) is 34.0 Å². The van der Waals surface area contributed by atoms with E-state index in [0.29, 0.717) is 12.2 Å². The summed E-state index contributed by atoms with van der Waals surface area (Å²) in [6.45, 7) is 4.04. The van der Waals surface area contributed by atoms with Crippen molar-refractivity contribution in [2.24, 2.45) is 7.05 Å². The predicted molar refractivity (Wildman–Crippen MR) is 73.8 cm³/mol. The number of rotatable bonds is 3. The highest BCUT2D eigenvalue weighted by atomic mass is 35.5. The highest BCUT2D eigenvalue weighted by molar-refractivity contribution is 6.31. The average Bonchev–Trinajstić information content (AvgIpc) is 2.61. The topological polar surface area (TPSA) is 56.7 Å². The van der Waals surface area contributed by atoms with Gasteiger partial charge >= 0.3 is 0 Å². The Balaban J connectivity index is 2.39. The molecule has 0 radical (unpaired) electrons. The third-order valence-electron chi connectivity index (χ3n) is 3.00. The van der Waals surface area contributed by atoms with Crippen molar-refractivity contribution in [1.29, 1.82) is 0 Å². The molecule has 0 aliphatic rings. The number of nitrogens with two attached hydrogens (primary N) is 1. The Morgan fingerprint density at radius 3 is 2.78 bits per heavy atom. The molecule has 0 atom stereocenters. The molecule has 5 heteroatoms. The number of hydrogen-bond acceptors (Lipinski definition) is 3. The van der Waals surface area contributed by atoms with E-state index >= 15 is 0 Å². The van der Waals surface area contributed by atoms with Crippen LogP contribution in [0.25, 0.3) is 0 Å². The first kappa shape index (κ1) is 12.9. The van der Waals surface area contributed by atoms with Crippen LogP contribution in [0.1, 0.15) is 29.4 Å². The Hall–Kier alpha value is -1.55. The molecule has 0 aliphatic heterocycles. The Morgan fingerprint density at radius 1 is 1.44 bits per heavy atom. The van der Waals surface area contributed by atoms with Crippen LogP contribution < -0.4 is 5.73 Å². The maximum atomic E-state index is 6.33. The fraction of sp³-hybridized carbons (Fsp3) is 0.385. The zero-order chi connectivity index (χ0) is 13.3. The molecule has 0 bridgehead atoms. The van der Waals surface area contributed by atoms with E-state index in [1.807, 2.05) is 31.6 Å². The van der Waals surface area contributed by atoms with Gasteiger partial charge in [-0.2, -0.15) is 5.10 Å². The Kier molecular flexibility index (Phi) is 3.57. The third kappa shape index (κ3) is 2.34. The van der Waals surface area contributed by atoms with E-state index in [1.54, 1.807) is 6.20 Å². The van der Waals surface area contributed by atoms with Crippen molar-refractivity contribution in [2.45, 2.75) is 26.7 Å². The predicted octanol–water partition coefficient (Wildman–Crippen LogP) is 2.51. The lowest BCUT2D eigenvalue weighted by molar-refractivity contribution is 0.710. The first-order chi connectivity index (χ1) is 8.52. The number of pyridine rings is 1. The van der Waals surface area contributed by atoms with Crippen LogP contribution in [0.4, 0.5) is 5.82 Å². The summed E-state index contributed by atoms with van der Waals surface area (Å²) in [7, 11) is 1.90. The molecule has 0 fully saturated rings. The third-order valence-corrected chi connectivity index (χ3v) is 3.44. The summed E-state index contributed by atoms with van der Waals surface area (Å²) < 4.78 is 1.82. The summed E-state index contributed by atoms with van der Waals surface area (Å²) >= 11 is 6.33. The summed E-state index contributed by atoms with van der Waals surface area (Å²) in [6, 6.07) is 2.04. The molecule has 0 unspecified atom stereocenters. The molecule has 0 saturated carbocycles. The molecule has 2 rings (SSSR count). The number of aryl methyl sites for hydroxylation is 3. The highest BCUT2D eigenvalue weighted by Gasteiger charge is 2.14. The zero-order valence-electron chi connectivity index (χ0n) is 10.9. The van der Waals surface area contributed by atoms with Crippen LogP contribution in [0.15, 0.2) is 12.3 Å². The van der Waals surface area contributed by atoms with Gasteiger partial charge < -0.3 is 5.73 Å². The smallest absolute Gasteiger partial charge is 0.126 e. The molecular formula is C13H17ClN4. The van der Waals surface area contributed by atoms with Crippen LogP contribution in [0, 0.1) is 6.92 Å². The minimum Gasteiger partial charge on any atom is -0.383 e. The van der Waals surface area contributed by atoms with Crippen molar-refractivity contribution in [3.63, 3.8) is 0 Å². The van der Waals surface area contributed by atoms with Crippen molar-refractivity contribution in [2.75, 3.05) is 5.73 Å². The van der Waals surface area contributed by atoms with Crippen molar-refractivity contribution < 1.29 is 0 Å². The Morgan fingerprint density at radius 2 is 2.17 bits per heavy atom. The maximum Gasteiger partial charge on any atom is 0.126 e. The lowest BCUT2D eigenvalue weighted by Gasteiger charge is -2.07. The van der Waals surface area contributed by atoms with E-state index in [4.69, 9.17) is 17.3 Å². The first-order valence-corrected chi connectivity index (χ1v) is 6.32. The first-order valence-electron chi connectivity index (χ1n) is 5.94. The molecule has 2 aromatic rings. The molecule has 0 aliphatic carbocycles. The quantitative estimate of drug-likeness (QED) is 0.927. The van der Waals surface area contributed by atoms with Crippen LogP contribution in [0.3, 0.4) is 0 Å². The van der Waals surface area contributed by atoms with Gasteiger partial charge in [-0.3, -0.25) is 4.68 Å². The summed E-state index contributed by atoms with van der Waals surface area (Å²) in [5.74, 6) is 0.552. The summed E-state index contributed by atoms with van der Waals surface area (Å²) in [5.41, 5.74) is 9.88. The van der Waals surface area contributed by atoms with E-state index < -0.39 is 0 Å². The molecule has 2 heterocycles. The second-order valence-electron chi connectivity index (χ2n) is 4.42. The molecule has 2 aromatic heterocycles. The summed E-state index contributed by atoms with van der Waals surface area (Å²) in [5, 5.41) is 5.14. The molecule has 2 N–H and O–H groups in total. The Labute approximate surface area is 112 Å². The maximum absolute atomic E-state index is 6.33. The number of halogens is 1. The van der Waals surface area contributed by atoms with Gasteiger partial charge in [0.2, 0.25) is 0 Å². The lowest BCUT2D eigenvalue weighted by atomic mass is 10.1. The number of aromatic nitrogens is 3. The van der Waals surface area contributed by atoms with Gasteiger partial charge in [-0.25, -0.2) is 4.98 Å². The molecule has 0 amide bonds. The molecule has 0 saturated heterocycles. The van der Waals surface area contributed by atoms with Crippen LogP contribution in [-0.4, -0.2) is 14.8 Å². The molecule has 0 aromatic carbocycles. The Bertz CT molecular complexity index is 575. The minimum atomic E-state index is 0.552. The minimum absolute atomic E-state index is 0.552. The number of nitrogen functional groups attached to an aromatic ring is 1. The van der Waals surface area contributed by atoms with E-state index in [9.17, 15) is 0 Å². The van der Waals surface area contributed by atoms with Crippen molar-refractivity contribution >= 4 is 17.4 Å². The van der Waals surface area contributed by atoms with E-state index in [-0.39, 0.29) is 0 Å². The molecule has 4 nitrogen and oxygen atoms in total. The molecule has 18 heavy (non-hydrogen) atoms. The van der Waals surface area contributed by atoms with Gasteiger partial charge in [0, 0.05) is 25.2 Å². The number of anilines is 1. The molecular weight excluding hydrogens is 248 g/mol. The van der Waals surface area contributed by atoms with Gasteiger partial charge in [-0.05, 0) is 18.9 Å². The van der Waals surface area contributed by atoms with Crippen molar-refractivity contribution in [1.82, 2.24) is 14.8 Å². The second kappa shape index (κ2) is 4.98. The van der Waals surface area contributed by atoms with Crippen molar-refractivity contribution in [3.05, 3.63) is 39.8 Å². The molecule has 0 spiro atoms. The number of nitrogens with zero attached hydrogens (tertiary/aromatic N) is 3. The highest BCUT2D eigenvalue weighted by Crippen LogP contribution is 2.25. The standard InChI is InChI=1S/C13H17ClN4/c1-4-10-12(14)11(18(3)17-10)6-9-5-8(2)7-16-13(9)15/h5,7H,4,6H2,1-3H3,(H2,15,16). The zero-order valence-corrected chi connectivity index (χ0v) is 11.6. The normalized spacial score (nSPS) is 10.9. The fourth-order valence-electron chi connectivity index (χ4n) is 1.97. The average molecular weight is 265 g/mol. The van der Waals surface area contributed by atoms with E-state index in [1.165, 1.54) is 0 Å². The summed E-state index contributed by atoms with van der Waals surface area (Å²) in [6.07, 6.45) is 3.25. The number of hydrogen-bond donors (Lipinski definition) is 1. The van der Waals surface area contributed by atoms with Gasteiger partial charge in [-0.1, -0.05) is 24.6 Å². The molecule has 96 valence electrons. The van der Waals surface area contributed by atoms with Crippen LogP contribution in [-0.2, 0) is 19.9 Å². The van der Waals surface area contributed by atoms with E-state index in [2.05, 4.69) is 10.1 Å². The van der Waals surface area contributed by atoms with Gasteiger partial charge in [0.05, 0.1) is 16.4 Å². The lowest BCUT2D eigenvalue weighted by Crippen LogP contribution is -2.04. The van der Waals surface area contributed by atoms with Gasteiger partial charge in [0.1, 0.15) is 5.82 Å². The van der Waals surface area contributed by atoms with Crippen LogP contribution >= 0.6 is 11.6 Å². The van der Waals surface area contributed by atoms with Gasteiger partial charge in [0.25, 0.3) is 0 Å².